The van der Waals surface area contributed by atoms with Crippen LogP contribution in [-0.2, 0) is 21.4 Å². The molecule has 134 valence electrons. The topological polar surface area (TPSA) is 75.7 Å². The summed E-state index contributed by atoms with van der Waals surface area (Å²) >= 11 is 0. The predicted octanol–water partition coefficient (Wildman–Crippen LogP) is 2.61. The Bertz CT molecular complexity index is 867. The lowest BCUT2D eigenvalue weighted by atomic mass is 10.2. The van der Waals surface area contributed by atoms with Crippen LogP contribution in [0.1, 0.15) is 12.5 Å². The van der Waals surface area contributed by atoms with Gasteiger partial charge in [0.15, 0.2) is 11.6 Å². The van der Waals surface area contributed by atoms with Gasteiger partial charge in [0, 0.05) is 26.2 Å². The van der Waals surface area contributed by atoms with Gasteiger partial charge in [0.25, 0.3) is 0 Å². The van der Waals surface area contributed by atoms with E-state index in [-0.39, 0.29) is 23.1 Å². The monoisotopic (exact) mass is 366 g/mol. The Morgan fingerprint density at radius 3 is 2.36 bits per heavy atom. The Balaban J connectivity index is 2.18. The second kappa shape index (κ2) is 7.62. The van der Waals surface area contributed by atoms with Crippen LogP contribution in [0.3, 0.4) is 0 Å². The van der Waals surface area contributed by atoms with Crippen molar-refractivity contribution in [3.05, 3.63) is 53.8 Å². The summed E-state index contributed by atoms with van der Waals surface area (Å²) in [5.41, 5.74) is 1.01. The maximum Gasteiger partial charge on any atom is 0.243 e. The average molecular weight is 366 g/mol. The first-order valence-corrected chi connectivity index (χ1v) is 8.84. The lowest BCUT2D eigenvalue weighted by molar-refractivity contribution is -0.114. The fourth-order valence-electron chi connectivity index (χ4n) is 2.24. The van der Waals surface area contributed by atoms with E-state index in [1.165, 1.54) is 57.5 Å². The van der Waals surface area contributed by atoms with E-state index in [4.69, 9.17) is 4.74 Å². The lowest BCUT2D eigenvalue weighted by Crippen LogP contribution is -2.26. The summed E-state index contributed by atoms with van der Waals surface area (Å²) < 4.78 is 44.9. The first-order chi connectivity index (χ1) is 11.7. The number of amides is 1. The molecule has 0 heterocycles. The number of nitrogens with zero attached hydrogens (tertiary/aromatic N) is 1. The van der Waals surface area contributed by atoms with E-state index < -0.39 is 15.8 Å². The molecule has 0 aliphatic carbocycles. The number of carbonyl (C=O) groups excluding carboxylic acids is 1. The number of ether oxygens (including phenoxy) is 1. The third kappa shape index (κ3) is 4.55. The summed E-state index contributed by atoms with van der Waals surface area (Å²) in [4.78, 5) is 11.1. The molecular formula is C17H19FN2O4S. The minimum Gasteiger partial charge on any atom is -0.494 e. The van der Waals surface area contributed by atoms with Gasteiger partial charge in [0.05, 0.1) is 12.0 Å². The highest BCUT2D eigenvalue weighted by molar-refractivity contribution is 7.89. The third-order valence-corrected chi connectivity index (χ3v) is 5.32. The van der Waals surface area contributed by atoms with Gasteiger partial charge >= 0.3 is 0 Å². The van der Waals surface area contributed by atoms with Crippen molar-refractivity contribution in [3.8, 4) is 5.75 Å². The molecule has 0 spiro atoms. The van der Waals surface area contributed by atoms with Crippen molar-refractivity contribution in [2.75, 3.05) is 19.5 Å². The van der Waals surface area contributed by atoms with E-state index in [2.05, 4.69) is 5.32 Å². The molecule has 0 aromatic heterocycles. The van der Waals surface area contributed by atoms with Crippen molar-refractivity contribution in [2.45, 2.75) is 18.4 Å². The number of rotatable bonds is 6. The second-order valence-electron chi connectivity index (χ2n) is 5.44. The zero-order valence-corrected chi connectivity index (χ0v) is 14.9. The molecule has 0 bridgehead atoms. The maximum atomic E-state index is 13.7. The highest BCUT2D eigenvalue weighted by Crippen LogP contribution is 2.22. The minimum absolute atomic E-state index is 0.0106. The van der Waals surface area contributed by atoms with Crippen molar-refractivity contribution in [3.63, 3.8) is 0 Å². The maximum absolute atomic E-state index is 13.7. The number of carbonyl (C=O) groups is 1. The predicted molar refractivity (Wildman–Crippen MR) is 92.4 cm³/mol. The largest absolute Gasteiger partial charge is 0.494 e. The minimum atomic E-state index is -3.74. The van der Waals surface area contributed by atoms with Gasteiger partial charge in [-0.05, 0) is 42.0 Å². The van der Waals surface area contributed by atoms with Crippen LogP contribution in [-0.4, -0.2) is 32.8 Å². The molecule has 0 radical (unpaired) electrons. The second-order valence-corrected chi connectivity index (χ2v) is 7.48. The summed E-state index contributed by atoms with van der Waals surface area (Å²) in [5, 5.41) is 2.57. The van der Waals surface area contributed by atoms with Gasteiger partial charge in [-0.25, -0.2) is 12.8 Å². The standard InChI is InChI=1S/C17H19FN2O4S/c1-12(21)19-14-5-7-15(8-6-14)25(22,23)20(2)11-13-4-9-17(24-3)16(18)10-13/h4-10H,11H2,1-3H3,(H,19,21). The number of nitrogens with one attached hydrogen (secondary N) is 1. The van der Waals surface area contributed by atoms with Crippen LogP contribution in [0.5, 0.6) is 5.75 Å². The first-order valence-electron chi connectivity index (χ1n) is 7.40. The zero-order valence-electron chi connectivity index (χ0n) is 14.1. The smallest absolute Gasteiger partial charge is 0.243 e. The van der Waals surface area contributed by atoms with Crippen molar-refractivity contribution in [1.82, 2.24) is 4.31 Å². The molecule has 0 saturated carbocycles. The van der Waals surface area contributed by atoms with Crippen LogP contribution in [0.4, 0.5) is 10.1 Å². The van der Waals surface area contributed by atoms with Crippen molar-refractivity contribution in [2.24, 2.45) is 0 Å². The highest BCUT2D eigenvalue weighted by atomic mass is 32.2. The molecule has 0 saturated heterocycles. The number of methoxy groups -OCH3 is 1. The number of hydrogen-bond donors (Lipinski definition) is 1. The van der Waals surface area contributed by atoms with Crippen LogP contribution in [0.2, 0.25) is 0 Å². The first kappa shape index (κ1) is 18.9. The van der Waals surface area contributed by atoms with Crippen molar-refractivity contribution in [1.29, 1.82) is 0 Å². The molecule has 0 aliphatic rings. The Kier molecular flexibility index (Phi) is 5.76. The van der Waals surface area contributed by atoms with E-state index in [9.17, 15) is 17.6 Å². The molecule has 0 atom stereocenters. The summed E-state index contributed by atoms with van der Waals surface area (Å²) in [5.74, 6) is -0.692. The van der Waals surface area contributed by atoms with Gasteiger partial charge in [-0.15, -0.1) is 0 Å². The number of benzene rings is 2. The molecule has 1 amide bonds. The van der Waals surface area contributed by atoms with E-state index in [0.29, 0.717) is 11.3 Å². The molecule has 0 aliphatic heterocycles. The summed E-state index contributed by atoms with van der Waals surface area (Å²) in [6, 6.07) is 10.1. The number of sulfonamides is 1. The molecule has 0 fully saturated rings. The molecule has 25 heavy (non-hydrogen) atoms. The Labute approximate surface area is 146 Å². The van der Waals surface area contributed by atoms with Crippen LogP contribution >= 0.6 is 0 Å². The molecule has 6 nitrogen and oxygen atoms in total. The summed E-state index contributed by atoms with van der Waals surface area (Å²) in [6.45, 7) is 1.38. The summed E-state index contributed by atoms with van der Waals surface area (Å²) in [6.07, 6.45) is 0. The van der Waals surface area contributed by atoms with Crippen molar-refractivity contribution >= 4 is 21.6 Å². The van der Waals surface area contributed by atoms with Gasteiger partial charge in [-0.1, -0.05) is 6.07 Å². The third-order valence-electron chi connectivity index (χ3n) is 3.50. The van der Waals surface area contributed by atoms with Crippen LogP contribution in [0.25, 0.3) is 0 Å². The van der Waals surface area contributed by atoms with Gasteiger partial charge in [0.1, 0.15) is 0 Å². The molecule has 8 heteroatoms. The average Bonchev–Trinajstić information content (AvgIpc) is 2.55. The zero-order chi connectivity index (χ0) is 18.6. The number of halogens is 1. The van der Waals surface area contributed by atoms with Gasteiger partial charge < -0.3 is 10.1 Å². The van der Waals surface area contributed by atoms with Crippen LogP contribution in [0, 0.1) is 5.82 Å². The number of anilines is 1. The Hall–Kier alpha value is -2.45. The highest BCUT2D eigenvalue weighted by Gasteiger charge is 2.21. The van der Waals surface area contributed by atoms with E-state index in [1.54, 1.807) is 6.07 Å². The fraction of sp³-hybridized carbons (Fsp3) is 0.235. The van der Waals surface area contributed by atoms with Gasteiger partial charge in [-0.3, -0.25) is 4.79 Å². The van der Waals surface area contributed by atoms with Crippen LogP contribution in [0.15, 0.2) is 47.4 Å². The van der Waals surface area contributed by atoms with Gasteiger partial charge in [0.2, 0.25) is 15.9 Å². The molecule has 2 aromatic rings. The van der Waals surface area contributed by atoms with E-state index >= 15 is 0 Å². The fourth-order valence-corrected chi connectivity index (χ4v) is 3.40. The molecule has 0 unspecified atom stereocenters. The van der Waals surface area contributed by atoms with E-state index in [0.717, 1.165) is 4.31 Å². The van der Waals surface area contributed by atoms with Gasteiger partial charge in [-0.2, -0.15) is 4.31 Å². The number of hydrogen-bond acceptors (Lipinski definition) is 4. The Morgan fingerprint density at radius 2 is 1.84 bits per heavy atom. The van der Waals surface area contributed by atoms with Crippen LogP contribution < -0.4 is 10.1 Å². The summed E-state index contributed by atoms with van der Waals surface area (Å²) in [7, 11) is -0.968. The molecule has 2 aromatic carbocycles. The normalized spacial score (nSPS) is 11.4. The lowest BCUT2D eigenvalue weighted by Gasteiger charge is -2.18. The molecule has 1 N–H and O–H groups in total. The Morgan fingerprint density at radius 1 is 1.20 bits per heavy atom. The van der Waals surface area contributed by atoms with Crippen molar-refractivity contribution < 1.29 is 22.3 Å². The SMILES string of the molecule is COc1ccc(CN(C)S(=O)(=O)c2ccc(NC(C)=O)cc2)cc1F. The molecular weight excluding hydrogens is 347 g/mol. The molecule has 2 rings (SSSR count). The van der Waals surface area contributed by atoms with E-state index in [1.807, 2.05) is 0 Å². The quantitative estimate of drug-likeness (QED) is 0.853.